The van der Waals surface area contributed by atoms with Gasteiger partial charge < -0.3 is 25.8 Å². The summed E-state index contributed by atoms with van der Waals surface area (Å²) in [6, 6.07) is 5.77. The molecule has 0 radical (unpaired) electrons. The Hall–Kier alpha value is -4.03. The number of hydrogen-bond acceptors (Lipinski definition) is 10. The number of anilines is 1. The third-order valence-electron chi connectivity index (χ3n) is 6.16. The van der Waals surface area contributed by atoms with Crippen molar-refractivity contribution in [1.29, 1.82) is 0 Å². The topological polar surface area (TPSA) is 155 Å². The number of aryl methyl sites for hydroxylation is 1. The molecular formula is C22H22N8O4. The van der Waals surface area contributed by atoms with Gasteiger partial charge in [-0.25, -0.2) is 9.61 Å². The van der Waals surface area contributed by atoms with Gasteiger partial charge in [0.25, 0.3) is 5.91 Å². The van der Waals surface area contributed by atoms with Crippen molar-refractivity contribution in [2.75, 3.05) is 18.8 Å². The average Bonchev–Trinajstić information content (AvgIpc) is 3.64. The van der Waals surface area contributed by atoms with Crippen molar-refractivity contribution in [3.63, 3.8) is 0 Å². The van der Waals surface area contributed by atoms with Gasteiger partial charge in [-0.3, -0.25) is 9.78 Å². The van der Waals surface area contributed by atoms with E-state index < -0.39 is 0 Å². The first-order chi connectivity index (χ1) is 16.6. The van der Waals surface area contributed by atoms with E-state index in [1.165, 1.54) is 0 Å². The number of rotatable bonds is 5. The number of fused-ring (bicyclic) bond motifs is 2. The number of hydrogen-bond donors (Lipinski definition) is 3. The van der Waals surface area contributed by atoms with Crippen molar-refractivity contribution in [2.24, 2.45) is 0 Å². The van der Waals surface area contributed by atoms with Crippen LogP contribution >= 0.6 is 0 Å². The Balaban J connectivity index is 1.56. The van der Waals surface area contributed by atoms with E-state index in [1.807, 2.05) is 29.7 Å². The van der Waals surface area contributed by atoms with Crippen LogP contribution in [0, 0.1) is 0 Å². The number of nitrogens with zero attached hydrogens (tertiary/aromatic N) is 5. The molecule has 0 saturated carbocycles. The molecule has 4 aromatic rings. The Morgan fingerprint density at radius 3 is 3.00 bits per heavy atom. The molecule has 1 saturated heterocycles. The molecule has 1 amide bonds. The van der Waals surface area contributed by atoms with Crippen molar-refractivity contribution in [3.05, 3.63) is 35.5 Å². The number of pyridine rings is 1. The lowest BCUT2D eigenvalue weighted by molar-refractivity contribution is -0.194. The molecule has 2 aliphatic rings. The van der Waals surface area contributed by atoms with E-state index in [0.29, 0.717) is 52.7 Å². The molecule has 1 aromatic carbocycles. The van der Waals surface area contributed by atoms with E-state index in [4.69, 9.17) is 25.1 Å². The molecule has 6 rings (SSSR count). The standard InChI is InChI=1S/C22H22N8O4/c1-2-30-19-14(22(31)26-13-5-6-24-8-13)9-25-16(11-3-4-12-10-32-33-15(12)7-11)17(19)27-21(30)18-20(23)29-34-28-18/h3-4,7,9,13,24H,2,5-6,8,10H2,1H3,(H2,23,29)(H,26,31). The second-order valence-corrected chi connectivity index (χ2v) is 8.23. The van der Waals surface area contributed by atoms with Gasteiger partial charge in [0.15, 0.2) is 23.1 Å². The van der Waals surface area contributed by atoms with Crippen LogP contribution in [0.25, 0.3) is 33.8 Å². The number of carbonyl (C=O) groups is 1. The Morgan fingerprint density at radius 2 is 2.24 bits per heavy atom. The van der Waals surface area contributed by atoms with Gasteiger partial charge in [-0.05, 0) is 36.3 Å². The predicted molar refractivity (Wildman–Crippen MR) is 121 cm³/mol. The smallest absolute Gasteiger partial charge is 0.255 e. The van der Waals surface area contributed by atoms with Crippen LogP contribution in [0.4, 0.5) is 5.82 Å². The summed E-state index contributed by atoms with van der Waals surface area (Å²) in [6.45, 7) is 4.46. The molecule has 1 atom stereocenters. The molecule has 12 heteroatoms. The van der Waals surface area contributed by atoms with Crippen molar-refractivity contribution in [2.45, 2.75) is 32.5 Å². The predicted octanol–water partition coefficient (Wildman–Crippen LogP) is 1.67. The minimum atomic E-state index is -0.212. The summed E-state index contributed by atoms with van der Waals surface area (Å²) < 4.78 is 6.70. The Morgan fingerprint density at radius 1 is 1.32 bits per heavy atom. The maximum absolute atomic E-state index is 13.3. The first-order valence-corrected chi connectivity index (χ1v) is 11.1. The molecule has 2 aliphatic heterocycles. The number of carbonyl (C=O) groups excluding carboxylic acids is 1. The van der Waals surface area contributed by atoms with E-state index in [9.17, 15) is 4.79 Å². The molecule has 4 N–H and O–H groups in total. The molecule has 174 valence electrons. The Kier molecular flexibility index (Phi) is 4.89. The number of aromatic nitrogens is 5. The first-order valence-electron chi connectivity index (χ1n) is 11.1. The number of nitrogens with two attached hydrogens (primary N) is 1. The molecule has 0 bridgehead atoms. The van der Waals surface area contributed by atoms with Gasteiger partial charge >= 0.3 is 0 Å². The number of nitrogens with one attached hydrogen (secondary N) is 2. The average molecular weight is 462 g/mol. The monoisotopic (exact) mass is 462 g/mol. The maximum atomic E-state index is 13.3. The van der Waals surface area contributed by atoms with Gasteiger partial charge in [-0.2, -0.15) is 4.89 Å². The lowest BCUT2D eigenvalue weighted by Gasteiger charge is -2.14. The molecule has 3 aromatic heterocycles. The summed E-state index contributed by atoms with van der Waals surface area (Å²) in [7, 11) is 0. The summed E-state index contributed by atoms with van der Waals surface area (Å²) in [5, 5.41) is 14.0. The highest BCUT2D eigenvalue weighted by atomic mass is 17.2. The van der Waals surface area contributed by atoms with Gasteiger partial charge in [0.1, 0.15) is 12.1 Å². The highest BCUT2D eigenvalue weighted by Gasteiger charge is 2.27. The van der Waals surface area contributed by atoms with Crippen LogP contribution < -0.4 is 21.3 Å². The SMILES string of the molecule is CCn1c(-c2nonc2N)nc2c(-c3ccc4c(c3)OOC4)ncc(C(=O)NC3CCNC3)c21. The molecule has 1 fully saturated rings. The highest BCUT2D eigenvalue weighted by Crippen LogP contribution is 2.36. The van der Waals surface area contributed by atoms with Gasteiger partial charge in [0.05, 0.1) is 16.8 Å². The fourth-order valence-corrected chi connectivity index (χ4v) is 4.46. The molecule has 0 spiro atoms. The van der Waals surface area contributed by atoms with Crippen LogP contribution in [-0.2, 0) is 18.0 Å². The molecule has 5 heterocycles. The van der Waals surface area contributed by atoms with Crippen molar-refractivity contribution < 1.29 is 19.2 Å². The Bertz CT molecular complexity index is 1410. The van der Waals surface area contributed by atoms with E-state index in [1.54, 1.807) is 6.20 Å². The van der Waals surface area contributed by atoms with Crippen LogP contribution in [-0.4, -0.2) is 49.9 Å². The maximum Gasteiger partial charge on any atom is 0.255 e. The molecule has 12 nitrogen and oxygen atoms in total. The van der Waals surface area contributed by atoms with E-state index in [2.05, 4.69) is 25.9 Å². The van der Waals surface area contributed by atoms with Gasteiger partial charge in [0.2, 0.25) is 0 Å². The van der Waals surface area contributed by atoms with Crippen LogP contribution in [0.5, 0.6) is 5.75 Å². The molecule has 0 aliphatic carbocycles. The van der Waals surface area contributed by atoms with Crippen molar-refractivity contribution >= 4 is 22.8 Å². The summed E-state index contributed by atoms with van der Waals surface area (Å²) in [5.41, 5.74) is 10.2. The zero-order valence-corrected chi connectivity index (χ0v) is 18.4. The fourth-order valence-electron chi connectivity index (χ4n) is 4.46. The van der Waals surface area contributed by atoms with Crippen LogP contribution in [0.3, 0.4) is 0 Å². The number of nitrogen functional groups attached to an aromatic ring is 1. The van der Waals surface area contributed by atoms with E-state index in [0.717, 1.165) is 30.6 Å². The lowest BCUT2D eigenvalue weighted by atomic mass is 10.0. The number of amides is 1. The lowest BCUT2D eigenvalue weighted by Crippen LogP contribution is -2.36. The fraction of sp³-hybridized carbons (Fsp3) is 0.318. The van der Waals surface area contributed by atoms with Crippen LogP contribution in [0.1, 0.15) is 29.3 Å². The molecule has 34 heavy (non-hydrogen) atoms. The zero-order chi connectivity index (χ0) is 23.2. The Labute approximate surface area is 193 Å². The largest absolute Gasteiger partial charge is 0.379 e. The minimum Gasteiger partial charge on any atom is -0.379 e. The van der Waals surface area contributed by atoms with E-state index >= 15 is 0 Å². The third kappa shape index (κ3) is 3.26. The summed E-state index contributed by atoms with van der Waals surface area (Å²) in [5.74, 6) is 0.979. The molecular weight excluding hydrogens is 440 g/mol. The zero-order valence-electron chi connectivity index (χ0n) is 18.4. The first kappa shape index (κ1) is 20.6. The number of imidazole rings is 1. The number of benzene rings is 1. The van der Waals surface area contributed by atoms with Gasteiger partial charge in [0, 0.05) is 36.5 Å². The minimum absolute atomic E-state index is 0.0592. The second-order valence-electron chi connectivity index (χ2n) is 8.23. The molecule has 1 unspecified atom stereocenters. The van der Waals surface area contributed by atoms with E-state index in [-0.39, 0.29) is 17.8 Å². The summed E-state index contributed by atoms with van der Waals surface area (Å²) in [4.78, 5) is 33.1. The summed E-state index contributed by atoms with van der Waals surface area (Å²) in [6.07, 6.45) is 2.46. The van der Waals surface area contributed by atoms with Gasteiger partial charge in [-0.1, -0.05) is 12.1 Å². The quantitative estimate of drug-likeness (QED) is 0.373. The highest BCUT2D eigenvalue weighted by molar-refractivity contribution is 6.08. The van der Waals surface area contributed by atoms with Crippen LogP contribution in [0.15, 0.2) is 29.0 Å². The van der Waals surface area contributed by atoms with Crippen molar-refractivity contribution in [3.8, 4) is 28.5 Å². The van der Waals surface area contributed by atoms with Crippen LogP contribution in [0.2, 0.25) is 0 Å². The second kappa shape index (κ2) is 8.08. The third-order valence-corrected chi connectivity index (χ3v) is 6.16. The normalized spacial score (nSPS) is 17.1. The summed E-state index contributed by atoms with van der Waals surface area (Å²) >= 11 is 0. The van der Waals surface area contributed by atoms with Crippen molar-refractivity contribution in [1.82, 2.24) is 35.5 Å². The van der Waals surface area contributed by atoms with Gasteiger partial charge in [-0.15, -0.1) is 0 Å².